The molecule has 0 radical (unpaired) electrons. The monoisotopic (exact) mass is 279 g/mol. The average molecular weight is 279 g/mol. The molecule has 1 fully saturated rings. The molecule has 0 amide bonds. The summed E-state index contributed by atoms with van der Waals surface area (Å²) in [5, 5.41) is 17.5. The zero-order chi connectivity index (χ0) is 14.5. The second-order valence-corrected chi connectivity index (χ2v) is 5.07. The van der Waals surface area contributed by atoms with Crippen LogP contribution in [0.3, 0.4) is 0 Å². The lowest BCUT2D eigenvalue weighted by Gasteiger charge is -2.15. The average Bonchev–Trinajstić information content (AvgIpc) is 2.86. The number of non-ortho nitro benzene ring substituents is 1. The first kappa shape index (κ1) is 14.6. The van der Waals surface area contributed by atoms with E-state index >= 15 is 0 Å². The van der Waals surface area contributed by atoms with Crippen molar-refractivity contribution in [2.75, 3.05) is 24.3 Å². The van der Waals surface area contributed by atoms with Crippen LogP contribution in [0.15, 0.2) is 18.2 Å². The van der Waals surface area contributed by atoms with E-state index in [4.69, 9.17) is 4.74 Å². The molecule has 2 atom stereocenters. The number of methoxy groups -OCH3 is 1. The van der Waals surface area contributed by atoms with Gasteiger partial charge in [0.15, 0.2) is 0 Å². The molecule has 1 aromatic rings. The Labute approximate surface area is 118 Å². The van der Waals surface area contributed by atoms with E-state index in [9.17, 15) is 10.1 Å². The van der Waals surface area contributed by atoms with Crippen molar-refractivity contribution < 1.29 is 9.66 Å². The Morgan fingerprint density at radius 2 is 2.10 bits per heavy atom. The van der Waals surface area contributed by atoms with Gasteiger partial charge in [-0.15, -0.1) is 0 Å². The molecule has 1 saturated carbocycles. The number of hydrogen-bond acceptors (Lipinski definition) is 5. The molecule has 0 saturated heterocycles. The van der Waals surface area contributed by atoms with Gasteiger partial charge >= 0.3 is 0 Å². The molecule has 110 valence electrons. The highest BCUT2D eigenvalue weighted by molar-refractivity contribution is 5.63. The van der Waals surface area contributed by atoms with Gasteiger partial charge in [0.05, 0.1) is 11.0 Å². The van der Waals surface area contributed by atoms with Gasteiger partial charge in [-0.1, -0.05) is 0 Å². The van der Waals surface area contributed by atoms with Gasteiger partial charge in [-0.3, -0.25) is 10.1 Å². The number of ether oxygens (including phenoxy) is 1. The van der Waals surface area contributed by atoms with Crippen LogP contribution in [0, 0.1) is 10.1 Å². The Morgan fingerprint density at radius 1 is 1.35 bits per heavy atom. The Kier molecular flexibility index (Phi) is 4.79. The third-order valence-corrected chi connectivity index (χ3v) is 3.60. The van der Waals surface area contributed by atoms with Crippen molar-refractivity contribution in [2.45, 2.75) is 38.3 Å². The highest BCUT2D eigenvalue weighted by atomic mass is 16.6. The van der Waals surface area contributed by atoms with Crippen LogP contribution in [-0.2, 0) is 4.74 Å². The SMILES string of the molecule is CCNc1cc(NC2CCC(OC)C2)cc([N+](=O)[O-])c1. The molecule has 0 aromatic heterocycles. The van der Waals surface area contributed by atoms with E-state index in [1.54, 1.807) is 19.2 Å². The van der Waals surface area contributed by atoms with Crippen molar-refractivity contribution in [1.29, 1.82) is 0 Å². The summed E-state index contributed by atoms with van der Waals surface area (Å²) in [5.74, 6) is 0. The van der Waals surface area contributed by atoms with E-state index in [2.05, 4.69) is 10.6 Å². The van der Waals surface area contributed by atoms with E-state index in [-0.39, 0.29) is 10.6 Å². The highest BCUT2D eigenvalue weighted by Gasteiger charge is 2.24. The first-order valence-electron chi connectivity index (χ1n) is 6.95. The van der Waals surface area contributed by atoms with Crippen LogP contribution >= 0.6 is 0 Å². The maximum absolute atomic E-state index is 11.0. The van der Waals surface area contributed by atoms with Crippen molar-refractivity contribution in [3.05, 3.63) is 28.3 Å². The molecule has 2 N–H and O–H groups in total. The molecule has 0 spiro atoms. The first-order valence-corrected chi connectivity index (χ1v) is 6.95. The zero-order valence-corrected chi connectivity index (χ0v) is 11.9. The first-order chi connectivity index (χ1) is 9.62. The minimum absolute atomic E-state index is 0.104. The summed E-state index contributed by atoms with van der Waals surface area (Å²) in [7, 11) is 1.73. The predicted octanol–water partition coefficient (Wildman–Crippen LogP) is 3.01. The minimum Gasteiger partial charge on any atom is -0.385 e. The predicted molar refractivity (Wildman–Crippen MR) is 79.3 cm³/mol. The third kappa shape index (κ3) is 3.60. The summed E-state index contributed by atoms with van der Waals surface area (Å²) in [5.41, 5.74) is 1.66. The van der Waals surface area contributed by atoms with Gasteiger partial charge in [-0.25, -0.2) is 0 Å². The van der Waals surface area contributed by atoms with Gasteiger partial charge in [0, 0.05) is 43.2 Å². The van der Waals surface area contributed by atoms with Crippen LogP contribution in [0.4, 0.5) is 17.1 Å². The molecule has 6 nitrogen and oxygen atoms in total. The van der Waals surface area contributed by atoms with Crippen LogP contribution in [0.1, 0.15) is 26.2 Å². The zero-order valence-electron chi connectivity index (χ0n) is 11.9. The number of benzene rings is 1. The summed E-state index contributed by atoms with van der Waals surface area (Å²) < 4.78 is 5.34. The molecule has 0 bridgehead atoms. The lowest BCUT2D eigenvalue weighted by molar-refractivity contribution is -0.384. The molecule has 2 rings (SSSR count). The summed E-state index contributed by atoms with van der Waals surface area (Å²) in [6.45, 7) is 2.70. The Balaban J connectivity index is 2.12. The quantitative estimate of drug-likeness (QED) is 0.618. The van der Waals surface area contributed by atoms with E-state index in [1.165, 1.54) is 0 Å². The van der Waals surface area contributed by atoms with Crippen molar-refractivity contribution in [2.24, 2.45) is 0 Å². The number of nitrogens with one attached hydrogen (secondary N) is 2. The van der Waals surface area contributed by atoms with Crippen molar-refractivity contribution in [3.8, 4) is 0 Å². The van der Waals surface area contributed by atoms with Crippen LogP contribution in [0.25, 0.3) is 0 Å². The summed E-state index contributed by atoms with van der Waals surface area (Å²) in [6.07, 6.45) is 3.29. The summed E-state index contributed by atoms with van der Waals surface area (Å²) in [6, 6.07) is 5.37. The second-order valence-electron chi connectivity index (χ2n) is 5.07. The van der Waals surface area contributed by atoms with Gasteiger partial charge in [0.2, 0.25) is 0 Å². The Bertz CT molecular complexity index is 479. The maximum Gasteiger partial charge on any atom is 0.273 e. The lowest BCUT2D eigenvalue weighted by atomic mass is 10.2. The Hall–Kier alpha value is -1.82. The number of hydrogen-bond donors (Lipinski definition) is 2. The molecule has 2 unspecified atom stereocenters. The number of nitro benzene ring substituents is 1. The van der Waals surface area contributed by atoms with Crippen LogP contribution < -0.4 is 10.6 Å². The van der Waals surface area contributed by atoms with E-state index < -0.39 is 0 Å². The summed E-state index contributed by atoms with van der Waals surface area (Å²) in [4.78, 5) is 10.6. The van der Waals surface area contributed by atoms with E-state index in [0.29, 0.717) is 12.1 Å². The largest absolute Gasteiger partial charge is 0.385 e. The van der Waals surface area contributed by atoms with Crippen LogP contribution in [0.2, 0.25) is 0 Å². The van der Waals surface area contributed by atoms with Crippen molar-refractivity contribution in [1.82, 2.24) is 0 Å². The highest BCUT2D eigenvalue weighted by Crippen LogP contribution is 2.29. The Morgan fingerprint density at radius 3 is 2.70 bits per heavy atom. The molecule has 0 heterocycles. The molecule has 1 aromatic carbocycles. The van der Waals surface area contributed by atoms with Crippen molar-refractivity contribution >= 4 is 17.1 Å². The van der Waals surface area contributed by atoms with Gasteiger partial charge in [0.1, 0.15) is 0 Å². The fourth-order valence-corrected chi connectivity index (χ4v) is 2.63. The molecule has 1 aliphatic rings. The molecular formula is C14H21N3O3. The topological polar surface area (TPSA) is 76.4 Å². The van der Waals surface area contributed by atoms with Gasteiger partial charge in [-0.2, -0.15) is 0 Å². The van der Waals surface area contributed by atoms with E-state index in [0.717, 1.165) is 37.2 Å². The van der Waals surface area contributed by atoms with Gasteiger partial charge in [-0.05, 0) is 32.3 Å². The number of nitro groups is 1. The second kappa shape index (κ2) is 6.56. The number of rotatable bonds is 6. The van der Waals surface area contributed by atoms with Crippen molar-refractivity contribution in [3.63, 3.8) is 0 Å². The normalized spacial score (nSPS) is 21.7. The molecule has 6 heteroatoms. The minimum atomic E-state index is -0.362. The van der Waals surface area contributed by atoms with Crippen LogP contribution in [-0.4, -0.2) is 30.7 Å². The van der Waals surface area contributed by atoms with E-state index in [1.807, 2.05) is 13.0 Å². The fraction of sp³-hybridized carbons (Fsp3) is 0.571. The molecular weight excluding hydrogens is 258 g/mol. The molecule has 0 aliphatic heterocycles. The summed E-state index contributed by atoms with van der Waals surface area (Å²) >= 11 is 0. The molecule has 1 aliphatic carbocycles. The smallest absolute Gasteiger partial charge is 0.273 e. The van der Waals surface area contributed by atoms with Crippen LogP contribution in [0.5, 0.6) is 0 Å². The maximum atomic E-state index is 11.0. The third-order valence-electron chi connectivity index (χ3n) is 3.60. The van der Waals surface area contributed by atoms with Gasteiger partial charge in [0.25, 0.3) is 5.69 Å². The fourth-order valence-electron chi connectivity index (χ4n) is 2.63. The molecule has 20 heavy (non-hydrogen) atoms. The lowest BCUT2D eigenvalue weighted by Crippen LogP contribution is -2.17. The van der Waals surface area contributed by atoms with Gasteiger partial charge < -0.3 is 15.4 Å². The number of anilines is 2. The standard InChI is InChI=1S/C14H21N3O3/c1-3-15-11-6-12(8-13(7-11)17(18)19)16-10-4-5-14(9-10)20-2/h6-8,10,14-16H,3-5,9H2,1-2H3. The number of nitrogens with zero attached hydrogens (tertiary/aromatic N) is 1.